The van der Waals surface area contributed by atoms with Gasteiger partial charge in [-0.25, -0.2) is 10.2 Å². The minimum Gasteiger partial charge on any atom is -0.493 e. The number of alkyl halides is 3. The number of amides is 1. The predicted molar refractivity (Wildman–Crippen MR) is 63.6 cm³/mol. The molecule has 1 aromatic carbocycles. The molecule has 0 unspecified atom stereocenters. The Bertz CT molecular complexity index is 555. The zero-order valence-corrected chi connectivity index (χ0v) is 10.5. The van der Waals surface area contributed by atoms with E-state index in [4.69, 9.17) is 4.74 Å². The lowest BCUT2D eigenvalue weighted by molar-refractivity contribution is -0.138. The van der Waals surface area contributed by atoms with Crippen LogP contribution in [0.1, 0.15) is 18.1 Å². The Hall–Kier alpha value is -2.25. The molecule has 0 saturated carbocycles. The Morgan fingerprint density at radius 2 is 2.20 bits per heavy atom. The van der Waals surface area contributed by atoms with Crippen LogP contribution in [0.4, 0.5) is 18.0 Å². The molecule has 1 N–H and O–H groups in total. The lowest BCUT2D eigenvalue weighted by Crippen LogP contribution is -2.30. The second-order valence-corrected chi connectivity index (χ2v) is 3.89. The maximum Gasteiger partial charge on any atom is 0.428 e. The van der Waals surface area contributed by atoms with Crippen LogP contribution >= 0.6 is 0 Å². The molecule has 0 atom stereocenters. The third-order valence-electron chi connectivity index (χ3n) is 2.54. The summed E-state index contributed by atoms with van der Waals surface area (Å²) in [6.45, 7) is 1.54. The van der Waals surface area contributed by atoms with Crippen LogP contribution in [0.3, 0.4) is 0 Å². The molecule has 20 heavy (non-hydrogen) atoms. The minimum atomic E-state index is -4.54. The second-order valence-electron chi connectivity index (χ2n) is 3.89. The first-order chi connectivity index (χ1) is 9.41. The molecule has 1 heterocycles. The number of hydrazone groups is 1. The average Bonchev–Trinajstić information content (AvgIpc) is 2.39. The molecule has 1 aromatic rings. The summed E-state index contributed by atoms with van der Waals surface area (Å²) in [6.07, 6.45) is -5.28. The monoisotopic (exact) mass is 288 g/mol. The lowest BCUT2D eigenvalue weighted by Gasteiger charge is -2.17. The van der Waals surface area contributed by atoms with Crippen molar-refractivity contribution in [1.29, 1.82) is 0 Å². The molecule has 0 saturated heterocycles. The van der Waals surface area contributed by atoms with Crippen LogP contribution in [0, 0.1) is 0 Å². The average molecular weight is 288 g/mol. The molecule has 2 rings (SSSR count). The predicted octanol–water partition coefficient (Wildman–Crippen LogP) is 2.55. The van der Waals surface area contributed by atoms with Gasteiger partial charge >= 0.3 is 12.3 Å². The first kappa shape index (κ1) is 14.2. The molecule has 8 heteroatoms. The van der Waals surface area contributed by atoms with Gasteiger partial charge in [-0.2, -0.15) is 18.3 Å². The van der Waals surface area contributed by atoms with E-state index in [-0.39, 0.29) is 30.2 Å². The third-order valence-corrected chi connectivity index (χ3v) is 2.54. The molecule has 1 aliphatic heterocycles. The van der Waals surface area contributed by atoms with E-state index in [1.54, 1.807) is 6.92 Å². The third kappa shape index (κ3) is 3.01. The van der Waals surface area contributed by atoms with Gasteiger partial charge in [0.1, 0.15) is 18.1 Å². The molecule has 5 nitrogen and oxygen atoms in total. The number of ether oxygens (including phenoxy) is 2. The van der Waals surface area contributed by atoms with E-state index in [2.05, 4.69) is 9.84 Å². The second kappa shape index (κ2) is 5.40. The summed E-state index contributed by atoms with van der Waals surface area (Å²) in [5, 5.41) is 3.66. The van der Waals surface area contributed by atoms with Gasteiger partial charge in [0.2, 0.25) is 0 Å². The highest BCUT2D eigenvalue weighted by Crippen LogP contribution is 2.37. The van der Waals surface area contributed by atoms with E-state index in [9.17, 15) is 18.0 Å². The van der Waals surface area contributed by atoms with Crippen molar-refractivity contribution >= 4 is 11.8 Å². The van der Waals surface area contributed by atoms with Crippen molar-refractivity contribution < 1.29 is 27.4 Å². The summed E-state index contributed by atoms with van der Waals surface area (Å²) in [6, 6.07) is 3.57. The van der Waals surface area contributed by atoms with Gasteiger partial charge < -0.3 is 9.47 Å². The largest absolute Gasteiger partial charge is 0.493 e. The van der Waals surface area contributed by atoms with Gasteiger partial charge in [0.25, 0.3) is 0 Å². The molecule has 0 radical (unpaired) electrons. The SMILES string of the molecule is CCOc1ccc(C2=NNC(=O)OC2)cc1C(F)(F)F. The molecule has 0 bridgehead atoms. The van der Waals surface area contributed by atoms with Crippen LogP contribution in [-0.4, -0.2) is 25.0 Å². The number of rotatable bonds is 3. The van der Waals surface area contributed by atoms with Crippen molar-refractivity contribution in [2.75, 3.05) is 13.2 Å². The Morgan fingerprint density at radius 3 is 2.75 bits per heavy atom. The van der Waals surface area contributed by atoms with Crippen molar-refractivity contribution in [2.45, 2.75) is 13.1 Å². The molecular weight excluding hydrogens is 277 g/mol. The fourth-order valence-corrected chi connectivity index (χ4v) is 1.67. The number of cyclic esters (lactones) is 1. The summed E-state index contributed by atoms with van der Waals surface area (Å²) in [5.74, 6) is -0.245. The van der Waals surface area contributed by atoms with Gasteiger partial charge in [-0.15, -0.1) is 0 Å². The van der Waals surface area contributed by atoms with Crippen LogP contribution in [0.25, 0.3) is 0 Å². The van der Waals surface area contributed by atoms with Crippen molar-refractivity contribution in [1.82, 2.24) is 5.43 Å². The number of benzene rings is 1. The Balaban J connectivity index is 2.39. The number of hydrogen-bond donors (Lipinski definition) is 1. The van der Waals surface area contributed by atoms with Gasteiger partial charge in [-0.3, -0.25) is 0 Å². The highest BCUT2D eigenvalue weighted by molar-refractivity contribution is 6.03. The Kier molecular flexibility index (Phi) is 3.82. The van der Waals surface area contributed by atoms with E-state index >= 15 is 0 Å². The highest BCUT2D eigenvalue weighted by Gasteiger charge is 2.35. The fraction of sp³-hybridized carbons (Fsp3) is 0.333. The highest BCUT2D eigenvalue weighted by atomic mass is 19.4. The zero-order chi connectivity index (χ0) is 14.8. The zero-order valence-electron chi connectivity index (χ0n) is 10.5. The van der Waals surface area contributed by atoms with Crippen LogP contribution in [-0.2, 0) is 10.9 Å². The molecule has 108 valence electrons. The van der Waals surface area contributed by atoms with Gasteiger partial charge in [0.05, 0.1) is 12.2 Å². The Morgan fingerprint density at radius 1 is 1.45 bits per heavy atom. The van der Waals surface area contributed by atoms with Crippen molar-refractivity contribution in [2.24, 2.45) is 5.10 Å². The summed E-state index contributed by atoms with van der Waals surface area (Å²) >= 11 is 0. The van der Waals surface area contributed by atoms with E-state index in [0.717, 1.165) is 6.07 Å². The standard InChI is InChI=1S/C12H11F3N2O3/c1-2-19-10-4-3-7(5-8(10)12(13,14)15)9-6-20-11(18)17-16-9/h3-5H,2,6H2,1H3,(H,17,18). The van der Waals surface area contributed by atoms with Gasteiger partial charge in [0.15, 0.2) is 0 Å². The number of halogens is 3. The minimum absolute atomic E-state index is 0.128. The molecule has 0 fully saturated rings. The van der Waals surface area contributed by atoms with Gasteiger partial charge in [-0.1, -0.05) is 0 Å². The van der Waals surface area contributed by atoms with Crippen LogP contribution in [0.2, 0.25) is 0 Å². The quantitative estimate of drug-likeness (QED) is 0.929. The molecular formula is C12H11F3N2O3. The van der Waals surface area contributed by atoms with Gasteiger partial charge in [0, 0.05) is 5.56 Å². The van der Waals surface area contributed by atoms with E-state index in [1.165, 1.54) is 12.1 Å². The lowest BCUT2D eigenvalue weighted by atomic mass is 10.1. The fourth-order valence-electron chi connectivity index (χ4n) is 1.67. The topological polar surface area (TPSA) is 59.9 Å². The van der Waals surface area contributed by atoms with Crippen LogP contribution < -0.4 is 10.2 Å². The Labute approximate surface area is 112 Å². The number of carbonyl (C=O) groups is 1. The summed E-state index contributed by atoms with van der Waals surface area (Å²) in [4.78, 5) is 10.8. The van der Waals surface area contributed by atoms with E-state index in [1.807, 2.05) is 5.43 Å². The van der Waals surface area contributed by atoms with Crippen LogP contribution in [0.5, 0.6) is 5.75 Å². The summed E-state index contributed by atoms with van der Waals surface area (Å²) in [7, 11) is 0. The maximum absolute atomic E-state index is 13.0. The summed E-state index contributed by atoms with van der Waals surface area (Å²) < 4.78 is 48.5. The van der Waals surface area contributed by atoms with Gasteiger partial charge in [-0.05, 0) is 25.1 Å². The molecule has 0 aromatic heterocycles. The van der Waals surface area contributed by atoms with E-state index in [0.29, 0.717) is 0 Å². The van der Waals surface area contributed by atoms with E-state index < -0.39 is 17.8 Å². The summed E-state index contributed by atoms with van der Waals surface area (Å²) in [5.41, 5.74) is 1.57. The molecule has 1 aliphatic rings. The molecule has 1 amide bonds. The normalized spacial score (nSPS) is 15.2. The molecule has 0 spiro atoms. The van der Waals surface area contributed by atoms with Crippen LogP contribution in [0.15, 0.2) is 23.3 Å². The van der Waals surface area contributed by atoms with Crippen molar-refractivity contribution in [3.8, 4) is 5.75 Å². The van der Waals surface area contributed by atoms with Crippen molar-refractivity contribution in [3.05, 3.63) is 29.3 Å². The molecule has 0 aliphatic carbocycles. The number of nitrogens with one attached hydrogen (secondary N) is 1. The van der Waals surface area contributed by atoms with Crippen molar-refractivity contribution in [3.63, 3.8) is 0 Å². The number of hydrogen-bond acceptors (Lipinski definition) is 4. The number of nitrogens with zero attached hydrogens (tertiary/aromatic N) is 1. The smallest absolute Gasteiger partial charge is 0.428 e. The maximum atomic E-state index is 13.0. The first-order valence-electron chi connectivity index (χ1n) is 5.75. The number of carbonyl (C=O) groups excluding carboxylic acids is 1. The first-order valence-corrected chi connectivity index (χ1v) is 5.75.